The molecule has 0 aliphatic heterocycles. The fraction of sp³-hybridized carbons (Fsp3) is 0.0833. The Morgan fingerprint density at radius 1 is 1.22 bits per heavy atom. The fourth-order valence-electron chi connectivity index (χ4n) is 1.29. The normalized spacial score (nSPS) is 9.83. The zero-order valence-electron chi connectivity index (χ0n) is 9.10. The van der Waals surface area contributed by atoms with Gasteiger partial charge in [-0.2, -0.15) is 5.26 Å². The van der Waals surface area contributed by atoms with Crippen molar-refractivity contribution in [2.75, 3.05) is 0 Å². The summed E-state index contributed by atoms with van der Waals surface area (Å²) < 4.78 is 5.55. The predicted octanol–water partition coefficient (Wildman–Crippen LogP) is 3.53. The average Bonchev–Trinajstić information content (AvgIpc) is 2.40. The average molecular weight is 280 g/mol. The summed E-state index contributed by atoms with van der Waals surface area (Å²) >= 11 is 11.6. The van der Waals surface area contributed by atoms with Gasteiger partial charge in [-0.1, -0.05) is 11.6 Å². The first-order valence-corrected chi connectivity index (χ1v) is 5.89. The highest BCUT2D eigenvalue weighted by Gasteiger charge is 2.10. The van der Waals surface area contributed by atoms with E-state index in [4.69, 9.17) is 33.2 Å². The smallest absolute Gasteiger partial charge is 0.228 e. The number of alkyl halides is 1. The van der Waals surface area contributed by atoms with Crippen molar-refractivity contribution in [1.29, 1.82) is 5.26 Å². The van der Waals surface area contributed by atoms with Crippen LogP contribution in [0.15, 0.2) is 30.6 Å². The minimum absolute atomic E-state index is 0.158. The lowest BCUT2D eigenvalue weighted by molar-refractivity contribution is 0.456. The molecule has 0 bridgehead atoms. The summed E-state index contributed by atoms with van der Waals surface area (Å²) in [4.78, 5) is 7.81. The van der Waals surface area contributed by atoms with E-state index in [2.05, 4.69) is 9.97 Å². The molecule has 6 heteroatoms. The van der Waals surface area contributed by atoms with E-state index in [1.807, 2.05) is 6.07 Å². The van der Waals surface area contributed by atoms with Crippen molar-refractivity contribution in [3.8, 4) is 17.7 Å². The van der Waals surface area contributed by atoms with E-state index in [0.717, 1.165) is 0 Å². The molecule has 18 heavy (non-hydrogen) atoms. The van der Waals surface area contributed by atoms with Gasteiger partial charge in [-0.05, 0) is 24.3 Å². The Labute approximate surface area is 114 Å². The lowest BCUT2D eigenvalue weighted by Gasteiger charge is -2.08. The van der Waals surface area contributed by atoms with E-state index in [1.54, 1.807) is 24.3 Å². The topological polar surface area (TPSA) is 58.8 Å². The first-order chi connectivity index (χ1) is 8.74. The van der Waals surface area contributed by atoms with Crippen LogP contribution in [0.1, 0.15) is 11.1 Å². The molecule has 1 heterocycles. The highest BCUT2D eigenvalue weighted by atomic mass is 35.5. The Morgan fingerprint density at radius 2 is 1.94 bits per heavy atom. The largest absolute Gasteiger partial charge is 0.439 e. The Balaban J connectivity index is 2.28. The molecule has 0 saturated heterocycles. The third-order valence-electron chi connectivity index (χ3n) is 2.18. The molecule has 0 saturated carbocycles. The minimum Gasteiger partial charge on any atom is -0.439 e. The first-order valence-electron chi connectivity index (χ1n) is 4.98. The lowest BCUT2D eigenvalue weighted by atomic mass is 10.2. The molecule has 4 nitrogen and oxygen atoms in total. The van der Waals surface area contributed by atoms with Crippen LogP contribution in [0.2, 0.25) is 5.15 Å². The van der Waals surface area contributed by atoms with Crippen LogP contribution < -0.4 is 4.74 Å². The number of rotatable bonds is 3. The molecule has 2 rings (SSSR count). The highest BCUT2D eigenvalue weighted by Crippen LogP contribution is 2.28. The third-order valence-corrected chi connectivity index (χ3v) is 2.78. The molecule has 0 N–H and O–H groups in total. The van der Waals surface area contributed by atoms with Crippen LogP contribution in [0.25, 0.3) is 0 Å². The first kappa shape index (κ1) is 12.6. The molecular weight excluding hydrogens is 273 g/mol. The van der Waals surface area contributed by atoms with Crippen LogP contribution in [0.4, 0.5) is 0 Å². The molecule has 0 aliphatic carbocycles. The Kier molecular flexibility index (Phi) is 3.98. The van der Waals surface area contributed by atoms with E-state index in [-0.39, 0.29) is 11.0 Å². The molecule has 0 spiro atoms. The maximum absolute atomic E-state index is 8.69. The van der Waals surface area contributed by atoms with Crippen molar-refractivity contribution in [3.05, 3.63) is 46.9 Å². The molecular formula is C12H7Cl2N3O. The lowest BCUT2D eigenvalue weighted by Crippen LogP contribution is -1.95. The highest BCUT2D eigenvalue weighted by molar-refractivity contribution is 6.31. The number of ether oxygens (including phenoxy) is 1. The predicted molar refractivity (Wildman–Crippen MR) is 67.8 cm³/mol. The van der Waals surface area contributed by atoms with Crippen LogP contribution in [-0.2, 0) is 5.88 Å². The van der Waals surface area contributed by atoms with Crippen LogP contribution in [0, 0.1) is 11.3 Å². The Hall–Kier alpha value is -1.83. The molecule has 0 radical (unpaired) electrons. The number of halogens is 2. The van der Waals surface area contributed by atoms with Crippen molar-refractivity contribution in [2.45, 2.75) is 5.88 Å². The maximum Gasteiger partial charge on any atom is 0.228 e. The molecule has 2 aromatic rings. The van der Waals surface area contributed by atoms with E-state index < -0.39 is 0 Å². The van der Waals surface area contributed by atoms with E-state index in [9.17, 15) is 0 Å². The number of hydrogen-bond acceptors (Lipinski definition) is 4. The van der Waals surface area contributed by atoms with E-state index in [0.29, 0.717) is 22.8 Å². The zero-order chi connectivity index (χ0) is 13.0. The van der Waals surface area contributed by atoms with Crippen LogP contribution in [0.5, 0.6) is 11.6 Å². The van der Waals surface area contributed by atoms with Crippen molar-refractivity contribution in [2.24, 2.45) is 0 Å². The van der Waals surface area contributed by atoms with Gasteiger partial charge >= 0.3 is 0 Å². The van der Waals surface area contributed by atoms with Gasteiger partial charge in [-0.3, -0.25) is 0 Å². The Morgan fingerprint density at radius 3 is 2.56 bits per heavy atom. The van der Waals surface area contributed by atoms with Crippen LogP contribution in [-0.4, -0.2) is 9.97 Å². The van der Waals surface area contributed by atoms with Crippen LogP contribution in [0.3, 0.4) is 0 Å². The molecule has 0 aliphatic rings. The summed E-state index contributed by atoms with van der Waals surface area (Å²) in [6.07, 6.45) is 1.30. The summed E-state index contributed by atoms with van der Waals surface area (Å²) in [6.45, 7) is 0. The standard InChI is InChI=1S/C12H7Cl2N3O/c13-5-10-11(14)16-7-17-12(10)18-9-3-1-8(6-15)2-4-9/h1-4,7H,5H2. The molecule has 0 fully saturated rings. The van der Waals surface area contributed by atoms with Crippen LogP contribution >= 0.6 is 23.2 Å². The van der Waals surface area contributed by atoms with Gasteiger partial charge < -0.3 is 4.74 Å². The number of hydrogen-bond donors (Lipinski definition) is 0. The van der Waals surface area contributed by atoms with E-state index >= 15 is 0 Å². The number of nitriles is 1. The second-order valence-corrected chi connectivity index (χ2v) is 3.95. The second-order valence-electron chi connectivity index (χ2n) is 3.32. The SMILES string of the molecule is N#Cc1ccc(Oc2ncnc(Cl)c2CCl)cc1. The van der Waals surface area contributed by atoms with Gasteiger partial charge in [0.25, 0.3) is 0 Å². The van der Waals surface area contributed by atoms with Gasteiger partial charge in [0.05, 0.1) is 23.1 Å². The van der Waals surface area contributed by atoms with Gasteiger partial charge in [-0.25, -0.2) is 9.97 Å². The quantitative estimate of drug-likeness (QED) is 0.637. The second kappa shape index (κ2) is 5.67. The Bertz CT molecular complexity index is 593. The van der Waals surface area contributed by atoms with Gasteiger partial charge in [0.2, 0.25) is 5.88 Å². The molecule has 0 unspecified atom stereocenters. The summed E-state index contributed by atoms with van der Waals surface area (Å²) in [5.74, 6) is 1.02. The molecule has 1 aromatic heterocycles. The number of benzene rings is 1. The van der Waals surface area contributed by atoms with Crippen molar-refractivity contribution in [1.82, 2.24) is 9.97 Å². The third kappa shape index (κ3) is 2.70. The van der Waals surface area contributed by atoms with Gasteiger partial charge in [0.1, 0.15) is 17.2 Å². The maximum atomic E-state index is 8.69. The summed E-state index contributed by atoms with van der Waals surface area (Å²) in [6, 6.07) is 8.68. The van der Waals surface area contributed by atoms with Gasteiger partial charge in [-0.15, -0.1) is 11.6 Å². The minimum atomic E-state index is 0.158. The molecule has 0 atom stereocenters. The van der Waals surface area contributed by atoms with Crippen molar-refractivity contribution >= 4 is 23.2 Å². The molecule has 90 valence electrons. The zero-order valence-corrected chi connectivity index (χ0v) is 10.6. The van der Waals surface area contributed by atoms with E-state index in [1.165, 1.54) is 6.33 Å². The summed E-state index contributed by atoms with van der Waals surface area (Å²) in [5.41, 5.74) is 1.09. The summed E-state index contributed by atoms with van der Waals surface area (Å²) in [5, 5.41) is 8.96. The molecule has 1 aromatic carbocycles. The fourth-order valence-corrected chi connectivity index (χ4v) is 1.79. The van der Waals surface area contributed by atoms with Crippen molar-refractivity contribution in [3.63, 3.8) is 0 Å². The number of aromatic nitrogens is 2. The van der Waals surface area contributed by atoms with Gasteiger partial charge in [0.15, 0.2) is 0 Å². The van der Waals surface area contributed by atoms with Gasteiger partial charge in [0, 0.05) is 0 Å². The number of nitrogens with zero attached hydrogens (tertiary/aromatic N) is 3. The monoisotopic (exact) mass is 279 g/mol. The summed E-state index contributed by atoms with van der Waals surface area (Å²) in [7, 11) is 0. The van der Waals surface area contributed by atoms with Crippen molar-refractivity contribution < 1.29 is 4.74 Å². The molecule has 0 amide bonds.